The van der Waals surface area contributed by atoms with Gasteiger partial charge >= 0.3 is 24.1 Å². The summed E-state index contributed by atoms with van der Waals surface area (Å²) in [6, 6.07) is 14.7. The minimum atomic E-state index is -1.63. The Labute approximate surface area is 229 Å². The highest BCUT2D eigenvalue weighted by atomic mass is 16.6. The second kappa shape index (κ2) is 14.7. The van der Waals surface area contributed by atoms with Crippen LogP contribution in [-0.4, -0.2) is 63.9 Å². The topological polar surface area (TPSA) is 175 Å². The van der Waals surface area contributed by atoms with Crippen molar-refractivity contribution >= 4 is 30.0 Å². The number of imidazole rings is 1. The Morgan fingerprint density at radius 1 is 0.875 bits per heavy atom. The molecule has 1 heterocycles. The molecule has 0 fully saturated rings. The highest BCUT2D eigenvalue weighted by molar-refractivity contribution is 5.91. The van der Waals surface area contributed by atoms with E-state index in [1.165, 1.54) is 12.5 Å². The number of nitrogens with zero attached hydrogens (tertiary/aromatic N) is 2. The number of carbonyl (C=O) groups is 5. The molecule has 0 aliphatic carbocycles. The van der Waals surface area contributed by atoms with Gasteiger partial charge in [0.25, 0.3) is 0 Å². The molecule has 40 heavy (non-hydrogen) atoms. The monoisotopic (exact) mass is 552 g/mol. The van der Waals surface area contributed by atoms with E-state index in [4.69, 9.17) is 9.47 Å². The van der Waals surface area contributed by atoms with Crippen molar-refractivity contribution in [2.24, 2.45) is 0 Å². The van der Waals surface area contributed by atoms with Crippen molar-refractivity contribution in [3.05, 3.63) is 90.0 Å². The number of hydrogen-bond acceptors (Lipinski definition) is 9. The molecule has 0 unspecified atom stereocenters. The fourth-order valence-corrected chi connectivity index (χ4v) is 3.47. The maximum atomic E-state index is 13.1. The predicted octanol–water partition coefficient (Wildman–Crippen LogP) is 2.04. The molecule has 2 aromatic carbocycles. The molecule has 13 heteroatoms. The van der Waals surface area contributed by atoms with Gasteiger partial charge in [-0.25, -0.2) is 23.9 Å². The minimum absolute atomic E-state index is 0.0148. The lowest BCUT2D eigenvalue weighted by molar-refractivity contribution is -0.148. The van der Waals surface area contributed by atoms with Gasteiger partial charge in [-0.3, -0.25) is 9.59 Å². The zero-order valence-corrected chi connectivity index (χ0v) is 21.5. The van der Waals surface area contributed by atoms with Gasteiger partial charge in [0, 0.05) is 12.6 Å². The molecular weight excluding hydrogens is 524 g/mol. The third-order valence-corrected chi connectivity index (χ3v) is 5.56. The van der Waals surface area contributed by atoms with Gasteiger partial charge in [-0.05, 0) is 11.1 Å². The van der Waals surface area contributed by atoms with E-state index in [1.54, 1.807) is 54.6 Å². The average Bonchev–Trinajstić information content (AvgIpc) is 3.43. The summed E-state index contributed by atoms with van der Waals surface area (Å²) in [7, 11) is 1.08. The van der Waals surface area contributed by atoms with Crippen LogP contribution in [0.3, 0.4) is 0 Å². The number of carbonyl (C=O) groups excluding carboxylic acids is 4. The van der Waals surface area contributed by atoms with Gasteiger partial charge < -0.3 is 30.0 Å². The maximum absolute atomic E-state index is 13.1. The van der Waals surface area contributed by atoms with Gasteiger partial charge in [0.05, 0.1) is 19.2 Å². The van der Waals surface area contributed by atoms with Gasteiger partial charge in [-0.15, -0.1) is 0 Å². The number of carboxylic acid groups (broad SMARTS) is 1. The first kappa shape index (κ1) is 29.4. The molecule has 1 aromatic heterocycles. The van der Waals surface area contributed by atoms with Crippen molar-refractivity contribution in [1.29, 1.82) is 0 Å². The molecule has 0 aliphatic heterocycles. The van der Waals surface area contributed by atoms with Gasteiger partial charge in [0.1, 0.15) is 31.6 Å². The Morgan fingerprint density at radius 3 is 2.05 bits per heavy atom. The summed E-state index contributed by atoms with van der Waals surface area (Å²) in [6.45, 7) is -0.107. The number of esters is 1. The van der Waals surface area contributed by atoms with Gasteiger partial charge in [-0.1, -0.05) is 60.7 Å². The van der Waals surface area contributed by atoms with Crippen molar-refractivity contribution < 1.29 is 43.3 Å². The fraction of sp³-hybridized carbons (Fsp3) is 0.259. The van der Waals surface area contributed by atoms with E-state index in [0.29, 0.717) is 5.56 Å². The molecule has 0 bridgehead atoms. The van der Waals surface area contributed by atoms with Crippen LogP contribution in [0.25, 0.3) is 0 Å². The first-order valence-electron chi connectivity index (χ1n) is 12.1. The lowest BCUT2D eigenvalue weighted by Crippen LogP contribution is -2.53. The quantitative estimate of drug-likeness (QED) is 0.223. The van der Waals surface area contributed by atoms with E-state index in [9.17, 15) is 29.1 Å². The highest BCUT2D eigenvalue weighted by Crippen LogP contribution is 2.09. The number of hydrogen-bond donors (Lipinski definition) is 3. The number of carboxylic acids is 1. The van der Waals surface area contributed by atoms with Crippen molar-refractivity contribution in [3.63, 3.8) is 0 Å². The number of ether oxygens (including phenoxy) is 3. The largest absolute Gasteiger partial charge is 0.480 e. The Morgan fingerprint density at radius 2 is 1.48 bits per heavy atom. The molecule has 2 amide bonds. The zero-order chi connectivity index (χ0) is 28.9. The number of benzene rings is 2. The van der Waals surface area contributed by atoms with Crippen molar-refractivity contribution in [3.8, 4) is 0 Å². The summed E-state index contributed by atoms with van der Waals surface area (Å²) < 4.78 is 16.1. The molecule has 13 nitrogen and oxygen atoms in total. The van der Waals surface area contributed by atoms with Crippen LogP contribution in [0.4, 0.5) is 9.59 Å². The molecule has 0 saturated carbocycles. The summed E-state index contributed by atoms with van der Waals surface area (Å²) >= 11 is 0. The van der Waals surface area contributed by atoms with Crippen LogP contribution in [-0.2, 0) is 48.2 Å². The average molecular weight is 553 g/mol. The lowest BCUT2D eigenvalue weighted by Gasteiger charge is -2.21. The van der Waals surface area contributed by atoms with Crippen LogP contribution in [0.15, 0.2) is 73.2 Å². The molecule has 2 atom stereocenters. The fourth-order valence-electron chi connectivity index (χ4n) is 3.47. The number of rotatable bonds is 12. The first-order chi connectivity index (χ1) is 19.3. The molecule has 0 spiro atoms. The Bertz CT molecular complexity index is 1310. The first-order valence-corrected chi connectivity index (χ1v) is 12.1. The molecule has 0 radical (unpaired) electrons. The van der Waals surface area contributed by atoms with Gasteiger partial charge in [0.2, 0.25) is 5.91 Å². The minimum Gasteiger partial charge on any atom is -0.480 e. The molecular formula is C27H28N4O9. The molecule has 3 aromatic rings. The standard InChI is InChI=1S/C27H28N4O9/c1-38-23(32)13-22(25(34)35)29-24(33)21(30-26(36)39-15-18-8-4-2-5-9-18)12-20-14-28-17-31(20)27(37)40-16-19-10-6-3-7-11-19/h2-11,14,17,21-22H,12-13,15-16H2,1H3,(H,29,33)(H,30,36)(H,34,35)/t21-,22+/m1/s1. The van der Waals surface area contributed by atoms with Crippen molar-refractivity contribution in [2.75, 3.05) is 7.11 Å². The number of alkyl carbamates (subject to hydrolysis) is 1. The van der Waals surface area contributed by atoms with Crippen molar-refractivity contribution in [1.82, 2.24) is 20.2 Å². The smallest absolute Gasteiger partial charge is 0.419 e. The van der Waals surface area contributed by atoms with E-state index in [0.717, 1.165) is 17.2 Å². The van der Waals surface area contributed by atoms with E-state index in [1.807, 2.05) is 6.07 Å². The zero-order valence-electron chi connectivity index (χ0n) is 21.5. The van der Waals surface area contributed by atoms with Crippen LogP contribution in [0.5, 0.6) is 0 Å². The van der Waals surface area contributed by atoms with E-state index in [2.05, 4.69) is 20.4 Å². The molecule has 3 N–H and O–H groups in total. The summed E-state index contributed by atoms with van der Waals surface area (Å²) in [5.74, 6) is -3.30. The Balaban J connectivity index is 1.74. The third-order valence-electron chi connectivity index (χ3n) is 5.56. The lowest BCUT2D eigenvalue weighted by atomic mass is 10.1. The van der Waals surface area contributed by atoms with Crippen LogP contribution in [0.2, 0.25) is 0 Å². The van der Waals surface area contributed by atoms with Crippen molar-refractivity contribution in [2.45, 2.75) is 38.1 Å². The number of aromatic nitrogens is 2. The molecule has 0 saturated heterocycles. The molecule has 0 aliphatic rings. The molecule has 3 rings (SSSR count). The third kappa shape index (κ3) is 8.97. The Hall–Kier alpha value is -5.20. The summed E-state index contributed by atoms with van der Waals surface area (Å²) in [4.78, 5) is 65.6. The number of amides is 2. The Kier molecular flexibility index (Phi) is 10.8. The van der Waals surface area contributed by atoms with E-state index in [-0.39, 0.29) is 25.3 Å². The second-order valence-electron chi connectivity index (χ2n) is 8.44. The number of aliphatic carboxylic acids is 1. The van der Waals surface area contributed by atoms with Crippen LogP contribution in [0.1, 0.15) is 23.2 Å². The summed E-state index contributed by atoms with van der Waals surface area (Å²) in [5, 5.41) is 14.1. The summed E-state index contributed by atoms with van der Waals surface area (Å²) in [5.41, 5.74) is 1.63. The summed E-state index contributed by atoms with van der Waals surface area (Å²) in [6.07, 6.45) is -0.214. The van der Waals surface area contributed by atoms with Crippen LogP contribution in [0, 0.1) is 0 Å². The number of methoxy groups -OCH3 is 1. The van der Waals surface area contributed by atoms with Gasteiger partial charge in [0.15, 0.2) is 0 Å². The normalized spacial score (nSPS) is 11.9. The predicted molar refractivity (Wildman–Crippen MR) is 138 cm³/mol. The SMILES string of the molecule is COC(=O)C[C@H](NC(=O)[C@@H](Cc1cncn1C(=O)OCc1ccccc1)NC(=O)OCc1ccccc1)C(=O)O. The van der Waals surface area contributed by atoms with Crippen LogP contribution < -0.4 is 10.6 Å². The van der Waals surface area contributed by atoms with Crippen LogP contribution >= 0.6 is 0 Å². The number of nitrogens with one attached hydrogen (secondary N) is 2. The van der Waals surface area contributed by atoms with Gasteiger partial charge in [-0.2, -0.15) is 0 Å². The maximum Gasteiger partial charge on any atom is 0.419 e. The second-order valence-corrected chi connectivity index (χ2v) is 8.44. The van der Waals surface area contributed by atoms with E-state index < -0.39 is 48.5 Å². The molecule has 210 valence electrons. The highest BCUT2D eigenvalue weighted by Gasteiger charge is 2.30. The van der Waals surface area contributed by atoms with E-state index >= 15 is 0 Å².